The molecule has 0 aromatic heterocycles. The number of halogens is 1. The zero-order valence-electron chi connectivity index (χ0n) is 13.3. The van der Waals surface area contributed by atoms with Crippen LogP contribution in [0.25, 0.3) is 0 Å². The van der Waals surface area contributed by atoms with Crippen molar-refractivity contribution >= 4 is 11.8 Å². The number of aliphatic hydroxyl groups excluding tert-OH is 1. The van der Waals surface area contributed by atoms with Crippen LogP contribution in [-0.2, 0) is 4.79 Å². The summed E-state index contributed by atoms with van der Waals surface area (Å²) in [6.45, 7) is 1.50. The van der Waals surface area contributed by atoms with Crippen molar-refractivity contribution in [2.45, 2.75) is 13.0 Å². The number of carbonyl (C=O) groups is 2. The number of carbonyl (C=O) groups excluding carboxylic acids is 2. The van der Waals surface area contributed by atoms with Crippen LogP contribution < -0.4 is 10.6 Å². The number of aliphatic hydroxyl groups is 1. The first-order valence-corrected chi connectivity index (χ1v) is 7.51. The van der Waals surface area contributed by atoms with Crippen LogP contribution in [0.2, 0.25) is 0 Å². The minimum absolute atomic E-state index is 0.113. The van der Waals surface area contributed by atoms with E-state index < -0.39 is 17.8 Å². The highest BCUT2D eigenvalue weighted by Gasteiger charge is 2.14. The van der Waals surface area contributed by atoms with Gasteiger partial charge in [0.05, 0.1) is 12.6 Å². The predicted octanol–water partition coefficient (Wildman–Crippen LogP) is 1.71. The van der Waals surface area contributed by atoms with E-state index in [0.717, 1.165) is 5.56 Å². The molecule has 2 aromatic carbocycles. The maximum absolute atomic E-state index is 13.5. The van der Waals surface area contributed by atoms with Crippen molar-refractivity contribution in [1.82, 2.24) is 10.6 Å². The maximum atomic E-state index is 13.5. The summed E-state index contributed by atoms with van der Waals surface area (Å²) in [6.07, 6.45) is -1.15. The molecule has 0 spiro atoms. The average molecular weight is 330 g/mol. The van der Waals surface area contributed by atoms with Gasteiger partial charge in [-0.05, 0) is 25.1 Å². The summed E-state index contributed by atoms with van der Waals surface area (Å²) in [6, 6.07) is 12.8. The van der Waals surface area contributed by atoms with Gasteiger partial charge in [0.1, 0.15) is 5.82 Å². The molecule has 24 heavy (non-hydrogen) atoms. The lowest BCUT2D eigenvalue weighted by Gasteiger charge is -2.13. The number of rotatable bonds is 6. The van der Waals surface area contributed by atoms with Gasteiger partial charge in [0.2, 0.25) is 5.91 Å². The van der Waals surface area contributed by atoms with E-state index in [1.54, 1.807) is 24.3 Å². The Bertz CT molecular complexity index is 734. The molecule has 2 aromatic rings. The van der Waals surface area contributed by atoms with Crippen LogP contribution in [-0.4, -0.2) is 30.0 Å². The molecule has 3 N–H and O–H groups in total. The van der Waals surface area contributed by atoms with E-state index >= 15 is 0 Å². The first-order valence-electron chi connectivity index (χ1n) is 7.51. The fraction of sp³-hybridized carbons (Fsp3) is 0.222. The summed E-state index contributed by atoms with van der Waals surface area (Å²) >= 11 is 0. The molecule has 0 bridgehead atoms. The molecule has 126 valence electrons. The summed E-state index contributed by atoms with van der Waals surface area (Å²) < 4.78 is 13.5. The molecule has 0 heterocycles. The van der Waals surface area contributed by atoms with Gasteiger partial charge in [0, 0.05) is 17.7 Å². The highest BCUT2D eigenvalue weighted by atomic mass is 19.1. The third-order valence-electron chi connectivity index (χ3n) is 3.45. The van der Waals surface area contributed by atoms with E-state index in [-0.39, 0.29) is 24.6 Å². The quantitative estimate of drug-likeness (QED) is 0.754. The molecule has 0 radical (unpaired) electrons. The average Bonchev–Trinajstić information content (AvgIpc) is 2.58. The normalized spacial score (nSPS) is 11.6. The Morgan fingerprint density at radius 3 is 2.58 bits per heavy atom. The Labute approximate surface area is 139 Å². The van der Waals surface area contributed by atoms with Crippen LogP contribution in [0.1, 0.15) is 27.6 Å². The third-order valence-corrected chi connectivity index (χ3v) is 3.45. The van der Waals surface area contributed by atoms with Crippen molar-refractivity contribution < 1.29 is 19.1 Å². The molecule has 6 heteroatoms. The molecule has 5 nitrogen and oxygen atoms in total. The van der Waals surface area contributed by atoms with E-state index in [2.05, 4.69) is 10.6 Å². The van der Waals surface area contributed by atoms with Crippen LogP contribution in [0.5, 0.6) is 0 Å². The molecule has 2 amide bonds. The van der Waals surface area contributed by atoms with E-state index in [1.165, 1.54) is 18.2 Å². The van der Waals surface area contributed by atoms with Gasteiger partial charge < -0.3 is 15.7 Å². The summed E-state index contributed by atoms with van der Waals surface area (Å²) in [5.74, 6) is -1.36. The van der Waals surface area contributed by atoms with Gasteiger partial charge in [-0.1, -0.05) is 35.9 Å². The fourth-order valence-electron chi connectivity index (χ4n) is 2.18. The van der Waals surface area contributed by atoms with Crippen molar-refractivity contribution in [2.75, 3.05) is 13.1 Å². The second-order valence-corrected chi connectivity index (χ2v) is 5.39. The summed E-state index contributed by atoms with van der Waals surface area (Å²) in [4.78, 5) is 23.7. The molecular weight excluding hydrogens is 311 g/mol. The van der Waals surface area contributed by atoms with E-state index in [9.17, 15) is 19.1 Å². The summed E-state index contributed by atoms with van der Waals surface area (Å²) in [7, 11) is 0. The third kappa shape index (κ3) is 4.89. The minimum atomic E-state index is -1.15. The van der Waals surface area contributed by atoms with Gasteiger partial charge in [0.25, 0.3) is 5.91 Å². The number of benzene rings is 2. The van der Waals surface area contributed by atoms with Gasteiger partial charge >= 0.3 is 0 Å². The highest BCUT2D eigenvalue weighted by molar-refractivity contribution is 5.96. The van der Waals surface area contributed by atoms with Gasteiger partial charge in [-0.15, -0.1) is 0 Å². The van der Waals surface area contributed by atoms with E-state index in [4.69, 9.17) is 0 Å². The first-order chi connectivity index (χ1) is 11.5. The first kappa shape index (κ1) is 17.6. The van der Waals surface area contributed by atoms with Crippen LogP contribution in [0.15, 0.2) is 48.5 Å². The Balaban J connectivity index is 1.79. The Morgan fingerprint density at radius 2 is 1.88 bits per heavy atom. The summed E-state index contributed by atoms with van der Waals surface area (Å²) in [5.41, 5.74) is 1.52. The lowest BCUT2D eigenvalue weighted by Crippen LogP contribution is -2.38. The molecular formula is C18H19FN2O3. The molecule has 0 aliphatic carbocycles. The van der Waals surface area contributed by atoms with Crippen molar-refractivity contribution in [1.29, 1.82) is 0 Å². The zero-order valence-corrected chi connectivity index (χ0v) is 13.3. The molecule has 1 atom stereocenters. The topological polar surface area (TPSA) is 78.4 Å². The largest absolute Gasteiger partial charge is 0.386 e. The van der Waals surface area contributed by atoms with E-state index in [1.807, 2.05) is 13.0 Å². The van der Waals surface area contributed by atoms with Gasteiger partial charge in [-0.3, -0.25) is 9.59 Å². The lowest BCUT2D eigenvalue weighted by atomic mass is 10.1. The highest BCUT2D eigenvalue weighted by Crippen LogP contribution is 2.15. The standard InChI is InChI=1S/C18H19FN2O3/c1-12-5-4-6-13(9-12)18(24)21-11-17(23)20-10-16(22)14-7-2-3-8-15(14)19/h2-9,16,22H,10-11H2,1H3,(H,20,23)(H,21,24). The SMILES string of the molecule is Cc1cccc(C(=O)NCC(=O)NCC(O)c2ccccc2F)c1. The molecule has 0 saturated heterocycles. The smallest absolute Gasteiger partial charge is 0.251 e. The van der Waals surface area contributed by atoms with Crippen LogP contribution >= 0.6 is 0 Å². The number of hydrogen-bond donors (Lipinski definition) is 3. The summed E-state index contributed by atoms with van der Waals surface area (Å²) in [5, 5.41) is 14.8. The van der Waals surface area contributed by atoms with Crippen molar-refractivity contribution in [3.8, 4) is 0 Å². The zero-order chi connectivity index (χ0) is 17.5. The monoisotopic (exact) mass is 330 g/mol. The van der Waals surface area contributed by atoms with Crippen LogP contribution in [0.3, 0.4) is 0 Å². The van der Waals surface area contributed by atoms with E-state index in [0.29, 0.717) is 5.56 Å². The molecule has 0 fully saturated rings. The number of amides is 2. The van der Waals surface area contributed by atoms with Gasteiger partial charge in [0.15, 0.2) is 0 Å². The second kappa shape index (κ2) is 8.21. The lowest BCUT2D eigenvalue weighted by molar-refractivity contribution is -0.120. The fourth-order valence-corrected chi connectivity index (χ4v) is 2.18. The van der Waals surface area contributed by atoms with Crippen LogP contribution in [0, 0.1) is 12.7 Å². The van der Waals surface area contributed by atoms with Crippen molar-refractivity contribution in [3.63, 3.8) is 0 Å². The maximum Gasteiger partial charge on any atom is 0.251 e. The van der Waals surface area contributed by atoms with Gasteiger partial charge in [-0.2, -0.15) is 0 Å². The predicted molar refractivity (Wildman–Crippen MR) is 87.9 cm³/mol. The minimum Gasteiger partial charge on any atom is -0.386 e. The second-order valence-electron chi connectivity index (χ2n) is 5.39. The molecule has 0 aliphatic rings. The van der Waals surface area contributed by atoms with Gasteiger partial charge in [-0.25, -0.2) is 4.39 Å². The molecule has 0 saturated carbocycles. The Kier molecular flexibility index (Phi) is 6.03. The molecule has 2 rings (SSSR count). The Hall–Kier alpha value is -2.73. The molecule has 0 aliphatic heterocycles. The van der Waals surface area contributed by atoms with Crippen LogP contribution in [0.4, 0.5) is 4.39 Å². The number of aryl methyl sites for hydroxylation is 1. The van der Waals surface area contributed by atoms with Crippen molar-refractivity contribution in [3.05, 3.63) is 71.0 Å². The van der Waals surface area contributed by atoms with Crippen molar-refractivity contribution in [2.24, 2.45) is 0 Å². The Morgan fingerprint density at radius 1 is 1.12 bits per heavy atom. The number of nitrogens with one attached hydrogen (secondary N) is 2. The number of hydrogen-bond acceptors (Lipinski definition) is 3. The molecule has 1 unspecified atom stereocenters.